The smallest absolute Gasteiger partial charge is 0.256 e. The number of hydrogen-bond acceptors (Lipinski definition) is 3. The van der Waals surface area contributed by atoms with Crippen molar-refractivity contribution in [3.63, 3.8) is 0 Å². The van der Waals surface area contributed by atoms with Crippen LogP contribution in [0.4, 0.5) is 5.69 Å². The van der Waals surface area contributed by atoms with E-state index in [4.69, 9.17) is 11.6 Å². The molecule has 0 radical (unpaired) electrons. The maximum atomic E-state index is 12.9. The third kappa shape index (κ3) is 2.56. The van der Waals surface area contributed by atoms with Crippen molar-refractivity contribution in [3.8, 4) is 11.1 Å². The van der Waals surface area contributed by atoms with Gasteiger partial charge in [0.25, 0.3) is 5.91 Å². The lowest BCUT2D eigenvalue weighted by atomic mass is 10.0. The summed E-state index contributed by atoms with van der Waals surface area (Å²) in [6.45, 7) is 1.71. The SMILES string of the molecule is O=C1Nc2ccc(-c3ccc(Cl)cc3)cc2C(=O)N2CCNC[C@H]12. The second kappa shape index (κ2) is 5.92. The Hall–Kier alpha value is -2.37. The molecule has 2 amide bonds. The van der Waals surface area contributed by atoms with Crippen molar-refractivity contribution in [1.82, 2.24) is 10.2 Å². The van der Waals surface area contributed by atoms with Gasteiger partial charge >= 0.3 is 0 Å². The first kappa shape index (κ1) is 15.2. The highest BCUT2D eigenvalue weighted by atomic mass is 35.5. The van der Waals surface area contributed by atoms with Crippen LogP contribution in [0.3, 0.4) is 0 Å². The van der Waals surface area contributed by atoms with Crippen LogP contribution in [0.1, 0.15) is 10.4 Å². The molecule has 2 aromatic carbocycles. The molecule has 1 atom stereocenters. The fourth-order valence-corrected chi connectivity index (χ4v) is 3.33. The van der Waals surface area contributed by atoms with Crippen LogP contribution in [-0.2, 0) is 4.79 Å². The van der Waals surface area contributed by atoms with Crippen molar-refractivity contribution in [2.45, 2.75) is 6.04 Å². The maximum Gasteiger partial charge on any atom is 0.256 e. The van der Waals surface area contributed by atoms with E-state index in [1.165, 1.54) is 0 Å². The topological polar surface area (TPSA) is 61.4 Å². The number of benzene rings is 2. The van der Waals surface area contributed by atoms with Gasteiger partial charge in [-0.15, -0.1) is 0 Å². The van der Waals surface area contributed by atoms with Crippen molar-refractivity contribution in [2.24, 2.45) is 0 Å². The van der Waals surface area contributed by atoms with Crippen LogP contribution in [0.25, 0.3) is 11.1 Å². The molecule has 0 spiro atoms. The van der Waals surface area contributed by atoms with E-state index >= 15 is 0 Å². The van der Waals surface area contributed by atoms with E-state index in [0.29, 0.717) is 35.9 Å². The summed E-state index contributed by atoms with van der Waals surface area (Å²) in [5, 5.41) is 6.71. The number of halogens is 1. The number of hydrogen-bond donors (Lipinski definition) is 2. The summed E-state index contributed by atoms with van der Waals surface area (Å²) < 4.78 is 0. The molecule has 2 aliphatic rings. The fourth-order valence-electron chi connectivity index (χ4n) is 3.20. The Balaban J connectivity index is 1.77. The van der Waals surface area contributed by atoms with Crippen molar-refractivity contribution in [2.75, 3.05) is 25.0 Å². The summed E-state index contributed by atoms with van der Waals surface area (Å²) in [7, 11) is 0. The number of rotatable bonds is 1. The minimum Gasteiger partial charge on any atom is -0.324 e. The molecule has 5 nitrogen and oxygen atoms in total. The average molecular weight is 342 g/mol. The highest BCUT2D eigenvalue weighted by molar-refractivity contribution is 6.30. The molecule has 24 heavy (non-hydrogen) atoms. The summed E-state index contributed by atoms with van der Waals surface area (Å²) in [5.41, 5.74) is 2.99. The molecule has 1 saturated heterocycles. The molecule has 2 aromatic rings. The molecule has 0 aliphatic carbocycles. The summed E-state index contributed by atoms with van der Waals surface area (Å²) in [6.07, 6.45) is 0. The number of amides is 2. The lowest BCUT2D eigenvalue weighted by Gasteiger charge is -2.33. The van der Waals surface area contributed by atoms with Crippen LogP contribution in [-0.4, -0.2) is 42.4 Å². The van der Waals surface area contributed by atoms with Gasteiger partial charge in [-0.25, -0.2) is 0 Å². The van der Waals surface area contributed by atoms with Gasteiger partial charge in [0.05, 0.1) is 11.3 Å². The predicted octanol–water partition coefficient (Wildman–Crippen LogP) is 2.37. The van der Waals surface area contributed by atoms with Gasteiger partial charge in [-0.05, 0) is 35.4 Å². The highest BCUT2D eigenvalue weighted by Crippen LogP contribution is 2.30. The van der Waals surface area contributed by atoms with E-state index < -0.39 is 6.04 Å². The van der Waals surface area contributed by atoms with Gasteiger partial charge in [0.1, 0.15) is 6.04 Å². The molecule has 6 heteroatoms. The molecule has 0 bridgehead atoms. The molecule has 2 N–H and O–H groups in total. The number of anilines is 1. The largest absolute Gasteiger partial charge is 0.324 e. The van der Waals surface area contributed by atoms with E-state index in [1.54, 1.807) is 11.0 Å². The quantitative estimate of drug-likeness (QED) is 0.837. The first-order chi connectivity index (χ1) is 11.6. The Morgan fingerprint density at radius 2 is 1.79 bits per heavy atom. The van der Waals surface area contributed by atoms with Gasteiger partial charge in [-0.1, -0.05) is 29.8 Å². The van der Waals surface area contributed by atoms with Crippen molar-refractivity contribution in [1.29, 1.82) is 0 Å². The summed E-state index contributed by atoms with van der Waals surface area (Å²) in [6, 6.07) is 12.5. The van der Waals surface area contributed by atoms with Crippen molar-refractivity contribution >= 4 is 29.1 Å². The van der Waals surface area contributed by atoms with Gasteiger partial charge in [0.15, 0.2) is 0 Å². The van der Waals surface area contributed by atoms with Gasteiger partial charge in [0, 0.05) is 24.7 Å². The zero-order chi connectivity index (χ0) is 16.7. The lowest BCUT2D eigenvalue weighted by Crippen LogP contribution is -2.57. The molecule has 122 valence electrons. The lowest BCUT2D eigenvalue weighted by molar-refractivity contribution is -0.120. The molecule has 0 aromatic heterocycles. The summed E-state index contributed by atoms with van der Waals surface area (Å²) in [4.78, 5) is 27.0. The van der Waals surface area contributed by atoms with Gasteiger partial charge in [0.2, 0.25) is 5.91 Å². The third-order valence-electron chi connectivity index (χ3n) is 4.49. The van der Waals surface area contributed by atoms with E-state index in [2.05, 4.69) is 10.6 Å². The number of piperazine rings is 1. The Bertz CT molecular complexity index is 820. The highest BCUT2D eigenvalue weighted by Gasteiger charge is 2.36. The summed E-state index contributed by atoms with van der Waals surface area (Å²) in [5.74, 6) is -0.251. The third-order valence-corrected chi connectivity index (χ3v) is 4.74. The molecule has 2 heterocycles. The number of nitrogens with one attached hydrogen (secondary N) is 2. The van der Waals surface area contributed by atoms with Gasteiger partial charge in [-0.3, -0.25) is 9.59 Å². The predicted molar refractivity (Wildman–Crippen MR) is 93.2 cm³/mol. The van der Waals surface area contributed by atoms with Crippen molar-refractivity contribution in [3.05, 3.63) is 53.1 Å². The van der Waals surface area contributed by atoms with Crippen LogP contribution >= 0.6 is 11.6 Å². The van der Waals surface area contributed by atoms with E-state index in [9.17, 15) is 9.59 Å². The minimum absolute atomic E-state index is 0.106. The van der Waals surface area contributed by atoms with Crippen LogP contribution < -0.4 is 10.6 Å². The van der Waals surface area contributed by atoms with Crippen LogP contribution in [0.2, 0.25) is 5.02 Å². The Morgan fingerprint density at radius 1 is 1.04 bits per heavy atom. The normalized spacial score (nSPS) is 20.0. The van der Waals surface area contributed by atoms with Crippen LogP contribution in [0.15, 0.2) is 42.5 Å². The monoisotopic (exact) mass is 341 g/mol. The van der Waals surface area contributed by atoms with Gasteiger partial charge in [-0.2, -0.15) is 0 Å². The van der Waals surface area contributed by atoms with E-state index in [0.717, 1.165) is 11.1 Å². The second-order valence-electron chi connectivity index (χ2n) is 5.97. The first-order valence-electron chi connectivity index (χ1n) is 7.86. The van der Waals surface area contributed by atoms with Crippen LogP contribution in [0, 0.1) is 0 Å². The standard InChI is InChI=1S/C18H16ClN3O2/c19-13-4-1-11(2-5-13)12-3-6-15-14(9-12)18(24)22-8-7-20-10-16(22)17(23)21-15/h1-6,9,16,20H,7-8,10H2,(H,21,23)/t16-/m1/s1. The van der Waals surface area contributed by atoms with E-state index in [1.807, 2.05) is 36.4 Å². The van der Waals surface area contributed by atoms with Crippen molar-refractivity contribution < 1.29 is 9.59 Å². The molecule has 2 aliphatic heterocycles. The Labute approximate surface area is 144 Å². The molecule has 0 saturated carbocycles. The number of nitrogens with zero attached hydrogens (tertiary/aromatic N) is 1. The molecule has 4 rings (SSSR count). The zero-order valence-electron chi connectivity index (χ0n) is 12.9. The number of fused-ring (bicyclic) bond motifs is 2. The van der Waals surface area contributed by atoms with Crippen LogP contribution in [0.5, 0.6) is 0 Å². The Morgan fingerprint density at radius 3 is 2.58 bits per heavy atom. The van der Waals surface area contributed by atoms with E-state index in [-0.39, 0.29) is 11.8 Å². The number of carbonyl (C=O) groups is 2. The molecule has 0 unspecified atom stereocenters. The Kier molecular flexibility index (Phi) is 3.75. The molecular weight excluding hydrogens is 326 g/mol. The minimum atomic E-state index is -0.461. The first-order valence-corrected chi connectivity index (χ1v) is 8.24. The number of carbonyl (C=O) groups excluding carboxylic acids is 2. The average Bonchev–Trinajstić information content (AvgIpc) is 2.71. The maximum absolute atomic E-state index is 12.9. The second-order valence-corrected chi connectivity index (χ2v) is 6.41. The molecule has 1 fully saturated rings. The van der Waals surface area contributed by atoms with Gasteiger partial charge < -0.3 is 15.5 Å². The molecular formula is C18H16ClN3O2. The summed E-state index contributed by atoms with van der Waals surface area (Å²) >= 11 is 5.94. The zero-order valence-corrected chi connectivity index (χ0v) is 13.6. The fraction of sp³-hybridized carbons (Fsp3) is 0.222.